The van der Waals surface area contributed by atoms with Crippen molar-refractivity contribution in [2.75, 3.05) is 13.1 Å². The van der Waals surface area contributed by atoms with E-state index in [0.717, 1.165) is 24.4 Å². The molecule has 3 N–H and O–H groups in total. The number of amides is 2. The summed E-state index contributed by atoms with van der Waals surface area (Å²) in [6, 6.07) is 1.45. The standard InChI is InChI=1S/C17H24N6O3/c1-10-11(2)20-22(12(10)3)6-4-5-18-16(25)14-7-15-17(26)19-8-13(24)9-23(15)21-14/h7,13,24H,4-6,8-9H2,1-3H3,(H,18,25)(H,19,26). The third kappa shape index (κ3) is 3.62. The first-order valence-corrected chi connectivity index (χ1v) is 8.69. The number of carbonyl (C=O) groups excluding carboxylic acids is 2. The maximum absolute atomic E-state index is 12.3. The minimum Gasteiger partial charge on any atom is -0.389 e. The molecule has 2 amide bonds. The molecule has 1 aliphatic heterocycles. The normalized spacial score (nSPS) is 16.8. The molecule has 0 saturated carbocycles. The third-order valence-corrected chi connectivity index (χ3v) is 4.70. The van der Waals surface area contributed by atoms with Crippen molar-refractivity contribution >= 4 is 11.8 Å². The predicted octanol–water partition coefficient (Wildman–Crippen LogP) is -0.0707. The average Bonchev–Trinajstić information content (AvgIpc) is 3.09. The van der Waals surface area contributed by atoms with Gasteiger partial charge in [-0.05, 0) is 32.8 Å². The van der Waals surface area contributed by atoms with Crippen molar-refractivity contribution in [1.82, 2.24) is 30.2 Å². The highest BCUT2D eigenvalue weighted by Gasteiger charge is 2.24. The van der Waals surface area contributed by atoms with Gasteiger partial charge in [0.05, 0.1) is 18.3 Å². The molecule has 140 valence electrons. The molecule has 0 radical (unpaired) electrons. The Morgan fingerprint density at radius 3 is 2.85 bits per heavy atom. The number of aryl methyl sites for hydroxylation is 2. The summed E-state index contributed by atoms with van der Waals surface area (Å²) < 4.78 is 3.32. The number of aliphatic hydroxyl groups is 1. The van der Waals surface area contributed by atoms with Gasteiger partial charge < -0.3 is 15.7 Å². The SMILES string of the molecule is Cc1nn(CCCNC(=O)c2cc3n(n2)CC(O)CNC3=O)c(C)c1C. The second kappa shape index (κ2) is 7.28. The van der Waals surface area contributed by atoms with Crippen molar-refractivity contribution in [1.29, 1.82) is 0 Å². The summed E-state index contributed by atoms with van der Waals surface area (Å²) in [6.07, 6.45) is 0.0140. The molecule has 0 aromatic carbocycles. The average molecular weight is 360 g/mol. The number of aliphatic hydroxyl groups excluding tert-OH is 1. The number of hydrogen-bond acceptors (Lipinski definition) is 5. The summed E-state index contributed by atoms with van der Waals surface area (Å²) in [6.45, 7) is 7.62. The van der Waals surface area contributed by atoms with Gasteiger partial charge in [-0.15, -0.1) is 0 Å². The van der Waals surface area contributed by atoms with Crippen LogP contribution >= 0.6 is 0 Å². The lowest BCUT2D eigenvalue weighted by molar-refractivity contribution is 0.0931. The van der Waals surface area contributed by atoms with Gasteiger partial charge in [0.1, 0.15) is 5.69 Å². The fourth-order valence-electron chi connectivity index (χ4n) is 2.94. The van der Waals surface area contributed by atoms with Crippen molar-refractivity contribution in [3.8, 4) is 0 Å². The van der Waals surface area contributed by atoms with E-state index >= 15 is 0 Å². The molecule has 0 fully saturated rings. The molecule has 0 spiro atoms. The zero-order valence-corrected chi connectivity index (χ0v) is 15.2. The summed E-state index contributed by atoms with van der Waals surface area (Å²) in [5.74, 6) is -0.676. The van der Waals surface area contributed by atoms with Crippen LogP contribution in [-0.2, 0) is 13.1 Å². The van der Waals surface area contributed by atoms with Gasteiger partial charge in [-0.3, -0.25) is 19.0 Å². The maximum Gasteiger partial charge on any atom is 0.271 e. The Balaban J connectivity index is 1.56. The first kappa shape index (κ1) is 18.1. The molecule has 9 nitrogen and oxygen atoms in total. The van der Waals surface area contributed by atoms with Crippen molar-refractivity contribution < 1.29 is 14.7 Å². The Morgan fingerprint density at radius 2 is 2.15 bits per heavy atom. The second-order valence-electron chi connectivity index (χ2n) is 6.59. The van der Waals surface area contributed by atoms with Crippen molar-refractivity contribution in [2.45, 2.75) is 46.4 Å². The Labute approximate surface area is 151 Å². The summed E-state index contributed by atoms with van der Waals surface area (Å²) in [7, 11) is 0. The maximum atomic E-state index is 12.3. The quantitative estimate of drug-likeness (QED) is 0.646. The smallest absolute Gasteiger partial charge is 0.271 e. The van der Waals surface area contributed by atoms with Crippen LogP contribution in [0, 0.1) is 20.8 Å². The molecule has 0 bridgehead atoms. The van der Waals surface area contributed by atoms with Gasteiger partial charge >= 0.3 is 0 Å². The van der Waals surface area contributed by atoms with Gasteiger partial charge in [-0.25, -0.2) is 0 Å². The van der Waals surface area contributed by atoms with E-state index in [2.05, 4.69) is 20.8 Å². The molecule has 1 aliphatic rings. The van der Waals surface area contributed by atoms with Crippen LogP contribution in [0.5, 0.6) is 0 Å². The van der Waals surface area contributed by atoms with E-state index in [1.54, 1.807) is 0 Å². The van der Waals surface area contributed by atoms with E-state index in [4.69, 9.17) is 0 Å². The molecule has 2 aromatic heterocycles. The predicted molar refractivity (Wildman–Crippen MR) is 94.0 cm³/mol. The number of nitrogens with zero attached hydrogens (tertiary/aromatic N) is 4. The molecule has 2 aromatic rings. The zero-order chi connectivity index (χ0) is 18.8. The Bertz CT molecular complexity index is 838. The van der Waals surface area contributed by atoms with Crippen molar-refractivity contribution in [3.63, 3.8) is 0 Å². The van der Waals surface area contributed by atoms with Crippen molar-refractivity contribution in [2.24, 2.45) is 0 Å². The molecular formula is C17H24N6O3. The summed E-state index contributed by atoms with van der Waals surface area (Å²) >= 11 is 0. The lowest BCUT2D eigenvalue weighted by Gasteiger charge is -2.07. The molecule has 0 saturated heterocycles. The van der Waals surface area contributed by atoms with Crippen LogP contribution in [0.15, 0.2) is 6.07 Å². The van der Waals surface area contributed by atoms with E-state index < -0.39 is 6.10 Å². The summed E-state index contributed by atoms with van der Waals surface area (Å²) in [5, 5.41) is 23.8. The highest BCUT2D eigenvalue weighted by atomic mass is 16.3. The zero-order valence-electron chi connectivity index (χ0n) is 15.2. The minimum atomic E-state index is -0.722. The summed E-state index contributed by atoms with van der Waals surface area (Å²) in [4.78, 5) is 24.2. The van der Waals surface area contributed by atoms with Gasteiger partial charge in [-0.1, -0.05) is 0 Å². The fraction of sp³-hybridized carbons (Fsp3) is 0.529. The highest BCUT2D eigenvalue weighted by molar-refractivity contribution is 5.98. The monoisotopic (exact) mass is 360 g/mol. The van der Waals surface area contributed by atoms with Gasteiger partial charge in [0, 0.05) is 31.4 Å². The van der Waals surface area contributed by atoms with Gasteiger partial charge in [-0.2, -0.15) is 10.2 Å². The van der Waals surface area contributed by atoms with Crippen LogP contribution in [0.4, 0.5) is 0 Å². The van der Waals surface area contributed by atoms with Crippen LogP contribution in [0.3, 0.4) is 0 Å². The van der Waals surface area contributed by atoms with Crippen LogP contribution in [0.25, 0.3) is 0 Å². The van der Waals surface area contributed by atoms with Crippen LogP contribution in [0.1, 0.15) is 44.3 Å². The van der Waals surface area contributed by atoms with Gasteiger partial charge in [0.2, 0.25) is 0 Å². The van der Waals surface area contributed by atoms with Crippen LogP contribution in [0.2, 0.25) is 0 Å². The van der Waals surface area contributed by atoms with E-state index in [9.17, 15) is 14.7 Å². The van der Waals surface area contributed by atoms with Gasteiger partial charge in [0.25, 0.3) is 11.8 Å². The van der Waals surface area contributed by atoms with E-state index in [1.165, 1.54) is 16.3 Å². The lowest BCUT2D eigenvalue weighted by Crippen LogP contribution is -2.30. The van der Waals surface area contributed by atoms with Crippen LogP contribution in [-0.4, -0.2) is 55.7 Å². The topological polar surface area (TPSA) is 114 Å². The van der Waals surface area contributed by atoms with Crippen molar-refractivity contribution in [3.05, 3.63) is 34.4 Å². The second-order valence-corrected chi connectivity index (χ2v) is 6.59. The fourth-order valence-corrected chi connectivity index (χ4v) is 2.94. The third-order valence-electron chi connectivity index (χ3n) is 4.70. The summed E-state index contributed by atoms with van der Waals surface area (Å²) in [5.41, 5.74) is 3.80. The molecular weight excluding hydrogens is 336 g/mol. The van der Waals surface area contributed by atoms with E-state index in [-0.39, 0.29) is 36.3 Å². The van der Waals surface area contributed by atoms with E-state index in [0.29, 0.717) is 6.54 Å². The van der Waals surface area contributed by atoms with Gasteiger partial charge in [0.15, 0.2) is 5.69 Å². The molecule has 3 rings (SSSR count). The van der Waals surface area contributed by atoms with Crippen LogP contribution < -0.4 is 10.6 Å². The molecule has 0 aliphatic carbocycles. The molecule has 26 heavy (non-hydrogen) atoms. The number of hydrogen-bond donors (Lipinski definition) is 3. The number of fused-ring (bicyclic) bond motifs is 1. The number of aromatic nitrogens is 4. The number of nitrogens with one attached hydrogen (secondary N) is 2. The number of rotatable bonds is 5. The highest BCUT2D eigenvalue weighted by Crippen LogP contribution is 2.11. The molecule has 9 heteroatoms. The number of carbonyl (C=O) groups is 2. The first-order valence-electron chi connectivity index (χ1n) is 8.69. The number of β-amino-alcohol motifs (C(OH)–C–C–N with tert-alkyl or cyclic N) is 1. The first-order chi connectivity index (χ1) is 12.4. The molecule has 1 unspecified atom stereocenters. The molecule has 1 atom stereocenters. The van der Waals surface area contributed by atoms with E-state index in [1.807, 2.05) is 25.5 Å². The largest absolute Gasteiger partial charge is 0.389 e. The minimum absolute atomic E-state index is 0.172. The Kier molecular flexibility index (Phi) is 5.08. The lowest BCUT2D eigenvalue weighted by atomic mass is 10.2. The molecule has 3 heterocycles. The Hall–Kier alpha value is -2.68. The Morgan fingerprint density at radius 1 is 1.38 bits per heavy atom.